The molecule has 0 amide bonds. The Morgan fingerprint density at radius 1 is 1.19 bits per heavy atom. The standard InChI is InChI=1S/C28H33ClFN3O3/c1-6-8-16(5)22(25(34)15(3)4)19-10-9-17-13-31-27(24(30)23(17)18(19)7-2)36-26-20-14-35-12-11-21(20)32-28(29)33-26/h13,15H,6-12,14H2,1-5H3/b22-16-. The van der Waals surface area contributed by atoms with Crippen molar-refractivity contribution >= 4 is 23.0 Å². The maximum absolute atomic E-state index is 16.1. The van der Waals surface area contributed by atoms with Gasteiger partial charge in [-0.15, -0.1) is 0 Å². The van der Waals surface area contributed by atoms with E-state index in [1.807, 2.05) is 27.7 Å². The summed E-state index contributed by atoms with van der Waals surface area (Å²) in [7, 11) is 0. The van der Waals surface area contributed by atoms with Crippen LogP contribution in [0.25, 0.3) is 5.57 Å². The zero-order valence-electron chi connectivity index (χ0n) is 21.6. The lowest BCUT2D eigenvalue weighted by Gasteiger charge is -2.27. The SMILES string of the molecule is CCC/C(C)=C(\C(=O)C(C)C)C1=C(CC)c2c(cnc(Oc3nc(Cl)nc4c3COCC4)c2F)CC1. The fourth-order valence-electron chi connectivity index (χ4n) is 5.07. The fourth-order valence-corrected chi connectivity index (χ4v) is 5.25. The van der Waals surface area contributed by atoms with Gasteiger partial charge in [-0.2, -0.15) is 4.98 Å². The van der Waals surface area contributed by atoms with E-state index in [-0.39, 0.29) is 35.4 Å². The lowest BCUT2D eigenvalue weighted by atomic mass is 9.78. The third-order valence-corrected chi connectivity index (χ3v) is 6.97. The van der Waals surface area contributed by atoms with Crippen LogP contribution in [0.15, 0.2) is 22.9 Å². The van der Waals surface area contributed by atoms with E-state index in [2.05, 4.69) is 21.9 Å². The van der Waals surface area contributed by atoms with E-state index >= 15 is 4.39 Å². The monoisotopic (exact) mass is 513 g/mol. The number of ketones is 1. The predicted octanol–water partition coefficient (Wildman–Crippen LogP) is 6.98. The van der Waals surface area contributed by atoms with Crippen LogP contribution in [0, 0.1) is 11.7 Å². The highest BCUT2D eigenvalue weighted by Gasteiger charge is 2.30. The normalized spacial score (nSPS) is 16.0. The van der Waals surface area contributed by atoms with Gasteiger partial charge in [-0.25, -0.2) is 14.4 Å². The van der Waals surface area contributed by atoms with Gasteiger partial charge < -0.3 is 9.47 Å². The lowest BCUT2D eigenvalue weighted by Crippen LogP contribution is -2.19. The molecule has 0 bridgehead atoms. The molecule has 3 heterocycles. The van der Waals surface area contributed by atoms with Crippen LogP contribution in [0.3, 0.4) is 0 Å². The van der Waals surface area contributed by atoms with E-state index in [1.165, 1.54) is 0 Å². The molecule has 1 aliphatic carbocycles. The number of ether oxygens (including phenoxy) is 2. The molecule has 192 valence electrons. The molecule has 6 nitrogen and oxygen atoms in total. The van der Waals surface area contributed by atoms with Crippen molar-refractivity contribution in [3.63, 3.8) is 0 Å². The van der Waals surface area contributed by atoms with E-state index < -0.39 is 5.82 Å². The number of pyridine rings is 1. The van der Waals surface area contributed by atoms with Crippen molar-refractivity contribution in [2.75, 3.05) is 6.61 Å². The molecule has 8 heteroatoms. The number of rotatable bonds is 8. The summed E-state index contributed by atoms with van der Waals surface area (Å²) in [6.45, 7) is 10.7. The van der Waals surface area contributed by atoms with Crippen LogP contribution in [-0.4, -0.2) is 27.3 Å². The zero-order chi connectivity index (χ0) is 26.0. The molecular weight excluding hydrogens is 481 g/mol. The van der Waals surface area contributed by atoms with Crippen molar-refractivity contribution in [1.82, 2.24) is 15.0 Å². The second-order valence-corrected chi connectivity index (χ2v) is 9.98. The van der Waals surface area contributed by atoms with Crippen LogP contribution in [0.4, 0.5) is 4.39 Å². The quantitative estimate of drug-likeness (QED) is 0.280. The van der Waals surface area contributed by atoms with Gasteiger partial charge in [0.05, 0.1) is 24.5 Å². The van der Waals surface area contributed by atoms with Crippen molar-refractivity contribution in [3.8, 4) is 11.8 Å². The minimum atomic E-state index is -0.550. The zero-order valence-corrected chi connectivity index (χ0v) is 22.4. The number of hydrogen-bond donors (Lipinski definition) is 0. The Hall–Kier alpha value is -2.64. The largest absolute Gasteiger partial charge is 0.417 e. The van der Waals surface area contributed by atoms with Gasteiger partial charge in [0.25, 0.3) is 5.88 Å². The number of nitrogens with zero attached hydrogens (tertiary/aromatic N) is 3. The number of allylic oxidation sites excluding steroid dienone is 4. The Balaban J connectivity index is 1.84. The van der Waals surface area contributed by atoms with Crippen molar-refractivity contribution in [2.24, 2.45) is 5.92 Å². The number of aryl methyl sites for hydroxylation is 1. The first kappa shape index (κ1) is 26.4. The van der Waals surface area contributed by atoms with Crippen molar-refractivity contribution < 1.29 is 18.7 Å². The highest BCUT2D eigenvalue weighted by atomic mass is 35.5. The van der Waals surface area contributed by atoms with Crippen molar-refractivity contribution in [1.29, 1.82) is 0 Å². The molecule has 0 radical (unpaired) electrons. The number of fused-ring (bicyclic) bond motifs is 2. The molecule has 2 aliphatic rings. The van der Waals surface area contributed by atoms with Gasteiger partial charge in [-0.3, -0.25) is 4.79 Å². The average Bonchev–Trinajstić information content (AvgIpc) is 2.85. The number of carbonyl (C=O) groups is 1. The molecule has 0 saturated carbocycles. The van der Waals surface area contributed by atoms with Gasteiger partial charge in [0.1, 0.15) is 0 Å². The molecule has 0 spiro atoms. The summed E-state index contributed by atoms with van der Waals surface area (Å²) < 4.78 is 27.6. The number of hydrogen-bond acceptors (Lipinski definition) is 6. The van der Waals surface area contributed by atoms with E-state index in [0.29, 0.717) is 43.4 Å². The molecule has 4 rings (SSSR count). The summed E-state index contributed by atoms with van der Waals surface area (Å²) in [5.41, 5.74) is 6.30. The first-order valence-electron chi connectivity index (χ1n) is 12.7. The summed E-state index contributed by atoms with van der Waals surface area (Å²) in [5.74, 6) is -0.598. The van der Waals surface area contributed by atoms with Gasteiger partial charge in [-0.1, -0.05) is 39.7 Å². The lowest BCUT2D eigenvalue weighted by molar-refractivity contribution is -0.118. The van der Waals surface area contributed by atoms with E-state index in [1.54, 1.807) is 6.20 Å². The molecule has 0 fully saturated rings. The second-order valence-electron chi connectivity index (χ2n) is 9.64. The molecule has 0 N–H and O–H groups in total. The highest BCUT2D eigenvalue weighted by molar-refractivity contribution is 6.28. The van der Waals surface area contributed by atoms with E-state index in [9.17, 15) is 4.79 Å². The maximum atomic E-state index is 16.1. The summed E-state index contributed by atoms with van der Waals surface area (Å²) >= 11 is 6.11. The molecule has 2 aromatic rings. The van der Waals surface area contributed by atoms with Crippen LogP contribution in [0.5, 0.6) is 11.8 Å². The molecule has 0 atom stereocenters. The minimum Gasteiger partial charge on any atom is -0.417 e. The Kier molecular flexibility index (Phi) is 8.20. The smallest absolute Gasteiger partial charge is 0.258 e. The van der Waals surface area contributed by atoms with Crippen molar-refractivity contribution in [2.45, 2.75) is 79.8 Å². The molecule has 0 unspecified atom stereocenters. The third kappa shape index (κ3) is 5.09. The average molecular weight is 514 g/mol. The summed E-state index contributed by atoms with van der Waals surface area (Å²) in [4.78, 5) is 26.1. The molecule has 0 aromatic carbocycles. The third-order valence-electron chi connectivity index (χ3n) is 6.80. The number of aromatic nitrogens is 3. The first-order chi connectivity index (χ1) is 17.3. The molecular formula is C28H33ClFN3O3. The Morgan fingerprint density at radius 3 is 2.67 bits per heavy atom. The van der Waals surface area contributed by atoms with Gasteiger partial charge in [0.2, 0.25) is 11.2 Å². The Morgan fingerprint density at radius 2 is 1.97 bits per heavy atom. The van der Waals surface area contributed by atoms with E-state index in [0.717, 1.165) is 46.4 Å². The first-order valence-corrected chi connectivity index (χ1v) is 13.1. The van der Waals surface area contributed by atoms with Crippen LogP contribution >= 0.6 is 11.6 Å². The number of Topliss-reactive ketones (excluding diaryl/α,β-unsaturated/α-hetero) is 1. The summed E-state index contributed by atoms with van der Waals surface area (Å²) in [5, 5.41) is 0.0359. The second kappa shape index (κ2) is 11.2. The maximum Gasteiger partial charge on any atom is 0.258 e. The minimum absolute atomic E-state index is 0.0359. The summed E-state index contributed by atoms with van der Waals surface area (Å²) in [6.07, 6.45) is 5.88. The topological polar surface area (TPSA) is 74.2 Å². The van der Waals surface area contributed by atoms with Crippen LogP contribution < -0.4 is 4.74 Å². The van der Waals surface area contributed by atoms with Gasteiger partial charge in [0, 0.05) is 29.7 Å². The summed E-state index contributed by atoms with van der Waals surface area (Å²) in [6, 6.07) is 0. The highest BCUT2D eigenvalue weighted by Crippen LogP contribution is 2.42. The molecule has 1 aliphatic heterocycles. The molecule has 0 saturated heterocycles. The Labute approximate surface area is 217 Å². The fraction of sp³-hybridized carbons (Fsp3) is 0.500. The molecule has 36 heavy (non-hydrogen) atoms. The van der Waals surface area contributed by atoms with E-state index in [4.69, 9.17) is 21.1 Å². The Bertz CT molecular complexity index is 1250. The van der Waals surface area contributed by atoms with Crippen LogP contribution in [0.1, 0.15) is 82.7 Å². The number of carbonyl (C=O) groups excluding carboxylic acids is 1. The van der Waals surface area contributed by atoms with Crippen molar-refractivity contribution in [3.05, 3.63) is 56.4 Å². The molecule has 2 aromatic heterocycles. The van der Waals surface area contributed by atoms with Crippen LogP contribution in [0.2, 0.25) is 5.28 Å². The van der Waals surface area contributed by atoms with Crippen LogP contribution in [-0.2, 0) is 29.0 Å². The van der Waals surface area contributed by atoms with Gasteiger partial charge in [0.15, 0.2) is 11.6 Å². The number of halogens is 2. The predicted molar refractivity (Wildman–Crippen MR) is 138 cm³/mol. The van der Waals surface area contributed by atoms with Gasteiger partial charge >= 0.3 is 0 Å². The van der Waals surface area contributed by atoms with Gasteiger partial charge in [-0.05, 0) is 60.9 Å².